The molecule has 6 heteroatoms. The van der Waals surface area contributed by atoms with Crippen LogP contribution in [0.4, 0.5) is 10.5 Å². The maximum atomic E-state index is 12.2. The minimum Gasteiger partial charge on any atom is -0.394 e. The Morgan fingerprint density at radius 3 is 2.77 bits per heavy atom. The van der Waals surface area contributed by atoms with E-state index in [4.69, 9.17) is 0 Å². The summed E-state index contributed by atoms with van der Waals surface area (Å²) in [4.78, 5) is 12.2. The van der Waals surface area contributed by atoms with Crippen LogP contribution in [0.2, 0.25) is 0 Å². The van der Waals surface area contributed by atoms with Gasteiger partial charge >= 0.3 is 6.03 Å². The van der Waals surface area contributed by atoms with Crippen molar-refractivity contribution in [3.8, 4) is 5.69 Å². The number of carbonyl (C=O) groups excluding carboxylic acids is 1. The molecule has 1 unspecified atom stereocenters. The third kappa shape index (κ3) is 3.85. The molecule has 0 spiro atoms. The molecule has 0 aliphatic rings. The molecule has 1 heterocycles. The predicted molar refractivity (Wildman–Crippen MR) is 86.1 cm³/mol. The van der Waals surface area contributed by atoms with Gasteiger partial charge < -0.3 is 15.7 Å². The number of aromatic nitrogens is 2. The first-order valence-electron chi connectivity index (χ1n) is 7.37. The fraction of sp³-hybridized carbons (Fsp3) is 0.375. The van der Waals surface area contributed by atoms with Gasteiger partial charge in [0.15, 0.2) is 0 Å². The summed E-state index contributed by atoms with van der Waals surface area (Å²) in [7, 11) is 0. The molecule has 0 fully saturated rings. The van der Waals surface area contributed by atoms with E-state index in [1.807, 2.05) is 50.4 Å². The van der Waals surface area contributed by atoms with E-state index in [0.29, 0.717) is 12.1 Å². The third-order valence-corrected chi connectivity index (χ3v) is 3.47. The average Bonchev–Trinajstić information content (AvgIpc) is 3.02. The lowest BCUT2D eigenvalue weighted by molar-refractivity contribution is 0.167. The summed E-state index contributed by atoms with van der Waals surface area (Å²) >= 11 is 0. The van der Waals surface area contributed by atoms with E-state index in [1.165, 1.54) is 0 Å². The van der Waals surface area contributed by atoms with E-state index in [-0.39, 0.29) is 12.6 Å². The Bertz CT molecular complexity index is 612. The standard InChI is InChI=1S/C16H22N4O2/c1-3-9-16(2,12-21)19-15(22)18-13-7-4-5-8-14(13)20-11-6-10-17-20/h4-8,10-11,21H,3,9,12H2,1-2H3,(H2,18,19,22). The Balaban J connectivity index is 2.13. The maximum absolute atomic E-state index is 12.2. The second-order valence-electron chi connectivity index (χ2n) is 5.52. The van der Waals surface area contributed by atoms with Crippen molar-refractivity contribution < 1.29 is 9.90 Å². The van der Waals surface area contributed by atoms with Gasteiger partial charge in [0, 0.05) is 12.4 Å². The van der Waals surface area contributed by atoms with Crippen molar-refractivity contribution >= 4 is 11.7 Å². The first kappa shape index (κ1) is 16.0. The molecule has 0 saturated carbocycles. The van der Waals surface area contributed by atoms with Crippen LogP contribution in [0.5, 0.6) is 0 Å². The van der Waals surface area contributed by atoms with E-state index in [0.717, 1.165) is 12.1 Å². The van der Waals surface area contributed by atoms with E-state index >= 15 is 0 Å². The summed E-state index contributed by atoms with van der Waals surface area (Å²) in [6.07, 6.45) is 5.08. The minimum atomic E-state index is -0.626. The number of amides is 2. The molecule has 0 bridgehead atoms. The van der Waals surface area contributed by atoms with Gasteiger partial charge in [-0.1, -0.05) is 25.5 Å². The Labute approximate surface area is 130 Å². The number of nitrogens with one attached hydrogen (secondary N) is 2. The second-order valence-corrected chi connectivity index (χ2v) is 5.52. The smallest absolute Gasteiger partial charge is 0.319 e. The second kappa shape index (κ2) is 7.09. The average molecular weight is 302 g/mol. The highest BCUT2D eigenvalue weighted by Crippen LogP contribution is 2.19. The highest BCUT2D eigenvalue weighted by molar-refractivity contribution is 5.91. The van der Waals surface area contributed by atoms with Crippen LogP contribution in [0.15, 0.2) is 42.7 Å². The van der Waals surface area contributed by atoms with E-state index in [1.54, 1.807) is 10.9 Å². The van der Waals surface area contributed by atoms with Gasteiger partial charge in [-0.15, -0.1) is 0 Å². The van der Waals surface area contributed by atoms with Crippen molar-refractivity contribution in [1.82, 2.24) is 15.1 Å². The molecule has 1 aromatic heterocycles. The fourth-order valence-corrected chi connectivity index (χ4v) is 2.35. The normalized spacial score (nSPS) is 13.4. The van der Waals surface area contributed by atoms with Gasteiger partial charge in [-0.05, 0) is 31.5 Å². The summed E-state index contributed by atoms with van der Waals surface area (Å²) in [5, 5.41) is 19.3. The number of urea groups is 1. The maximum Gasteiger partial charge on any atom is 0.319 e. The zero-order valence-electron chi connectivity index (χ0n) is 12.9. The van der Waals surface area contributed by atoms with Crippen LogP contribution >= 0.6 is 0 Å². The molecular formula is C16H22N4O2. The van der Waals surface area contributed by atoms with Gasteiger partial charge in [-0.2, -0.15) is 5.10 Å². The van der Waals surface area contributed by atoms with Crippen LogP contribution in [0.3, 0.4) is 0 Å². The highest BCUT2D eigenvalue weighted by atomic mass is 16.3. The number of anilines is 1. The predicted octanol–water partition coefficient (Wildman–Crippen LogP) is 2.54. The lowest BCUT2D eigenvalue weighted by Crippen LogP contribution is -2.50. The summed E-state index contributed by atoms with van der Waals surface area (Å²) < 4.78 is 1.69. The van der Waals surface area contributed by atoms with Crippen molar-refractivity contribution in [2.45, 2.75) is 32.2 Å². The molecular weight excluding hydrogens is 280 g/mol. The Kier molecular flexibility index (Phi) is 5.16. The molecule has 3 N–H and O–H groups in total. The molecule has 2 aromatic rings. The largest absolute Gasteiger partial charge is 0.394 e. The summed E-state index contributed by atoms with van der Waals surface area (Å²) in [6.45, 7) is 3.74. The van der Waals surface area contributed by atoms with Crippen LogP contribution in [0.1, 0.15) is 26.7 Å². The Hall–Kier alpha value is -2.34. The van der Waals surface area contributed by atoms with Crippen LogP contribution in [-0.4, -0.2) is 33.1 Å². The van der Waals surface area contributed by atoms with Crippen molar-refractivity contribution in [1.29, 1.82) is 0 Å². The monoisotopic (exact) mass is 302 g/mol. The topological polar surface area (TPSA) is 79.2 Å². The lowest BCUT2D eigenvalue weighted by Gasteiger charge is -2.28. The van der Waals surface area contributed by atoms with Gasteiger partial charge in [-0.3, -0.25) is 0 Å². The van der Waals surface area contributed by atoms with Crippen LogP contribution in [0.25, 0.3) is 5.69 Å². The molecule has 0 saturated heterocycles. The van der Waals surface area contributed by atoms with Gasteiger partial charge in [0.25, 0.3) is 0 Å². The number of aliphatic hydroxyl groups is 1. The van der Waals surface area contributed by atoms with Gasteiger partial charge in [0.2, 0.25) is 0 Å². The molecule has 0 aliphatic heterocycles. The van der Waals surface area contributed by atoms with Crippen molar-refractivity contribution in [2.75, 3.05) is 11.9 Å². The Morgan fingerprint density at radius 2 is 2.14 bits per heavy atom. The summed E-state index contributed by atoms with van der Waals surface area (Å²) in [5.41, 5.74) is 0.809. The number of carbonyl (C=O) groups is 1. The number of aliphatic hydroxyl groups excluding tert-OH is 1. The van der Waals surface area contributed by atoms with Gasteiger partial charge in [0.05, 0.1) is 23.5 Å². The summed E-state index contributed by atoms with van der Waals surface area (Å²) in [6, 6.07) is 8.90. The molecule has 2 rings (SSSR count). The van der Waals surface area contributed by atoms with E-state index < -0.39 is 5.54 Å². The molecule has 6 nitrogen and oxygen atoms in total. The molecule has 1 atom stereocenters. The zero-order valence-corrected chi connectivity index (χ0v) is 12.9. The van der Waals surface area contributed by atoms with Gasteiger partial charge in [-0.25, -0.2) is 9.48 Å². The highest BCUT2D eigenvalue weighted by Gasteiger charge is 2.24. The first-order chi connectivity index (χ1) is 10.6. The van der Waals surface area contributed by atoms with Crippen LogP contribution in [-0.2, 0) is 0 Å². The SMILES string of the molecule is CCCC(C)(CO)NC(=O)Nc1ccccc1-n1cccn1. The number of benzene rings is 1. The molecule has 1 aromatic carbocycles. The van der Waals surface area contributed by atoms with Crippen molar-refractivity contribution in [3.63, 3.8) is 0 Å². The van der Waals surface area contributed by atoms with E-state index in [9.17, 15) is 9.90 Å². The van der Waals surface area contributed by atoms with Gasteiger partial charge in [0.1, 0.15) is 0 Å². The Morgan fingerprint density at radius 1 is 1.36 bits per heavy atom. The lowest BCUT2D eigenvalue weighted by atomic mass is 9.98. The number of hydrogen-bond donors (Lipinski definition) is 3. The fourth-order valence-electron chi connectivity index (χ4n) is 2.35. The molecule has 0 radical (unpaired) electrons. The number of rotatable bonds is 6. The molecule has 22 heavy (non-hydrogen) atoms. The minimum absolute atomic E-state index is 0.102. The quantitative estimate of drug-likeness (QED) is 0.767. The van der Waals surface area contributed by atoms with Crippen LogP contribution < -0.4 is 10.6 Å². The summed E-state index contributed by atoms with van der Waals surface area (Å²) in [5.74, 6) is 0. The van der Waals surface area contributed by atoms with E-state index in [2.05, 4.69) is 15.7 Å². The zero-order chi connectivity index (χ0) is 16.0. The first-order valence-corrected chi connectivity index (χ1v) is 7.37. The molecule has 118 valence electrons. The molecule has 0 aliphatic carbocycles. The van der Waals surface area contributed by atoms with Crippen molar-refractivity contribution in [3.05, 3.63) is 42.7 Å². The number of hydrogen-bond acceptors (Lipinski definition) is 3. The third-order valence-electron chi connectivity index (χ3n) is 3.47. The van der Waals surface area contributed by atoms with Crippen LogP contribution in [0, 0.1) is 0 Å². The molecule has 2 amide bonds. The number of nitrogens with zero attached hydrogens (tertiary/aromatic N) is 2. The van der Waals surface area contributed by atoms with Crippen molar-refractivity contribution in [2.24, 2.45) is 0 Å². The number of para-hydroxylation sites is 2.